The first-order valence-corrected chi connectivity index (χ1v) is 12.8. The minimum atomic E-state index is 0.00757. The second-order valence-corrected chi connectivity index (χ2v) is 9.92. The predicted molar refractivity (Wildman–Crippen MR) is 147 cm³/mol. The van der Waals surface area contributed by atoms with Gasteiger partial charge in [0.15, 0.2) is 0 Å². The van der Waals surface area contributed by atoms with Gasteiger partial charge in [-0.1, -0.05) is 18.2 Å². The number of carbonyl (C=O) groups is 1. The number of pyridine rings is 1. The zero-order valence-electron chi connectivity index (χ0n) is 21.1. The molecular formula is C30H30N6O. The van der Waals surface area contributed by atoms with Crippen molar-refractivity contribution in [2.45, 2.75) is 25.8 Å². The highest BCUT2D eigenvalue weighted by Crippen LogP contribution is 2.36. The third-order valence-electron chi connectivity index (χ3n) is 7.51. The lowest BCUT2D eigenvalue weighted by atomic mass is 9.86. The molecule has 4 heterocycles. The van der Waals surface area contributed by atoms with Gasteiger partial charge in [0.25, 0.3) is 0 Å². The van der Waals surface area contributed by atoms with Crippen LogP contribution in [0, 0.1) is 5.92 Å². The van der Waals surface area contributed by atoms with Gasteiger partial charge in [0.05, 0.1) is 17.1 Å². The van der Waals surface area contributed by atoms with Crippen LogP contribution in [0.15, 0.2) is 79.5 Å². The van der Waals surface area contributed by atoms with E-state index in [2.05, 4.69) is 75.6 Å². The molecule has 0 bridgehead atoms. The average Bonchev–Trinajstić information content (AvgIpc) is 3.31. The van der Waals surface area contributed by atoms with Crippen molar-refractivity contribution in [1.82, 2.24) is 24.4 Å². The Bertz CT molecular complexity index is 1580. The van der Waals surface area contributed by atoms with Gasteiger partial charge in [0.1, 0.15) is 0 Å². The van der Waals surface area contributed by atoms with E-state index in [-0.39, 0.29) is 17.9 Å². The molecule has 7 nitrogen and oxygen atoms in total. The molecule has 186 valence electrons. The molecule has 1 saturated heterocycles. The fraction of sp³-hybridized carbons (Fsp3) is 0.267. The van der Waals surface area contributed by atoms with Crippen LogP contribution in [0.5, 0.6) is 0 Å². The molecule has 0 spiro atoms. The molecule has 1 aliphatic rings. The number of nitrogens with one attached hydrogen (secondary N) is 1. The van der Waals surface area contributed by atoms with Gasteiger partial charge >= 0.3 is 0 Å². The Hall–Kier alpha value is -4.26. The second kappa shape index (κ2) is 9.65. The Balaban J connectivity index is 1.43. The number of aromatic nitrogens is 4. The summed E-state index contributed by atoms with van der Waals surface area (Å²) in [4.78, 5) is 27.9. The van der Waals surface area contributed by atoms with Gasteiger partial charge in [-0.2, -0.15) is 0 Å². The molecule has 2 atom stereocenters. The number of carbonyl (C=O) groups excluding carboxylic acids is 1. The summed E-state index contributed by atoms with van der Waals surface area (Å²) in [5.41, 5.74) is 7.12. The van der Waals surface area contributed by atoms with Crippen molar-refractivity contribution < 1.29 is 4.79 Å². The highest BCUT2D eigenvalue weighted by molar-refractivity contribution is 5.97. The third-order valence-corrected chi connectivity index (χ3v) is 7.51. The van der Waals surface area contributed by atoms with E-state index >= 15 is 0 Å². The zero-order chi connectivity index (χ0) is 25.4. The van der Waals surface area contributed by atoms with E-state index in [0.29, 0.717) is 0 Å². The van der Waals surface area contributed by atoms with Crippen molar-refractivity contribution >= 4 is 33.5 Å². The number of piperidine rings is 1. The number of hydrogen-bond donors (Lipinski definition) is 1. The van der Waals surface area contributed by atoms with Crippen LogP contribution in [0.3, 0.4) is 0 Å². The van der Waals surface area contributed by atoms with Crippen LogP contribution in [0.2, 0.25) is 0 Å². The number of fused-ring (bicyclic) bond motifs is 2. The molecule has 1 N–H and O–H groups in total. The van der Waals surface area contributed by atoms with Crippen molar-refractivity contribution in [3.63, 3.8) is 0 Å². The topological polar surface area (TPSA) is 75.9 Å². The van der Waals surface area contributed by atoms with Gasteiger partial charge < -0.3 is 14.8 Å². The normalized spacial score (nSPS) is 16.7. The van der Waals surface area contributed by atoms with Crippen molar-refractivity contribution in [2.75, 3.05) is 18.4 Å². The van der Waals surface area contributed by atoms with E-state index in [0.717, 1.165) is 59.3 Å². The molecule has 6 rings (SSSR count). The highest BCUT2D eigenvalue weighted by Gasteiger charge is 2.30. The number of hydrogen-bond acceptors (Lipinski definition) is 5. The smallest absolute Gasteiger partial charge is 0.219 e. The largest absolute Gasteiger partial charge is 0.378 e. The fourth-order valence-corrected chi connectivity index (χ4v) is 5.59. The van der Waals surface area contributed by atoms with Crippen LogP contribution in [0.4, 0.5) is 5.69 Å². The van der Waals surface area contributed by atoms with Crippen molar-refractivity contribution in [2.24, 2.45) is 13.0 Å². The van der Waals surface area contributed by atoms with Crippen molar-refractivity contribution in [3.05, 3.63) is 85.1 Å². The van der Waals surface area contributed by atoms with Crippen LogP contribution < -0.4 is 5.32 Å². The zero-order valence-corrected chi connectivity index (χ0v) is 21.1. The first-order valence-electron chi connectivity index (χ1n) is 12.8. The summed E-state index contributed by atoms with van der Waals surface area (Å²) in [7, 11) is 2.06. The standard InChI is InChI=1S/C30H30N6O/c1-20(37)36-13-4-6-24(19-36)29(23-5-3-10-31-18-23)34-25-16-26(30-27(17-25)32-11-12-33-30)22-8-7-21-9-14-35(2)28(21)15-22/h3,5,7-12,14-18,24,29,34H,4,6,13,19H2,1-2H3/t24-,29-/m0/s1. The Morgan fingerprint density at radius 3 is 2.81 bits per heavy atom. The van der Waals surface area contributed by atoms with Gasteiger partial charge in [-0.25, -0.2) is 0 Å². The lowest BCUT2D eigenvalue weighted by molar-refractivity contribution is -0.130. The molecule has 37 heavy (non-hydrogen) atoms. The summed E-state index contributed by atoms with van der Waals surface area (Å²) in [5, 5.41) is 5.03. The molecule has 0 unspecified atom stereocenters. The lowest BCUT2D eigenvalue weighted by Gasteiger charge is -2.37. The Kier molecular flexibility index (Phi) is 6.04. The molecular weight excluding hydrogens is 460 g/mol. The molecule has 1 fully saturated rings. The molecule has 2 aromatic carbocycles. The maximum Gasteiger partial charge on any atom is 0.219 e. The van der Waals surface area contributed by atoms with E-state index in [9.17, 15) is 4.79 Å². The molecule has 7 heteroatoms. The molecule has 0 saturated carbocycles. The molecule has 1 amide bonds. The summed E-state index contributed by atoms with van der Waals surface area (Å²) in [6.07, 6.45) is 11.3. The van der Waals surface area contributed by atoms with Gasteiger partial charge in [-0.15, -0.1) is 0 Å². The predicted octanol–water partition coefficient (Wildman–Crippen LogP) is 5.60. The maximum atomic E-state index is 12.2. The van der Waals surface area contributed by atoms with E-state index in [1.807, 2.05) is 17.2 Å². The molecule has 3 aromatic heterocycles. The van der Waals surface area contributed by atoms with Crippen LogP contribution in [-0.4, -0.2) is 43.4 Å². The average molecular weight is 491 g/mol. The Morgan fingerprint density at radius 2 is 1.97 bits per heavy atom. The number of anilines is 1. The molecule has 0 aliphatic carbocycles. The second-order valence-electron chi connectivity index (χ2n) is 9.92. The van der Waals surface area contributed by atoms with E-state index in [1.165, 1.54) is 10.9 Å². The third kappa shape index (κ3) is 4.53. The summed E-state index contributed by atoms with van der Waals surface area (Å²) < 4.78 is 2.14. The SMILES string of the molecule is CC(=O)N1CCC[C@H]([C@@H](Nc2cc(-c3ccc4ccn(C)c4c3)c3nccnc3c2)c2cccnc2)C1. The van der Waals surface area contributed by atoms with E-state index < -0.39 is 0 Å². The number of nitrogens with zero attached hydrogens (tertiary/aromatic N) is 5. The molecule has 1 aliphatic heterocycles. The summed E-state index contributed by atoms with van der Waals surface area (Å²) in [5.74, 6) is 0.400. The number of aryl methyl sites for hydroxylation is 1. The molecule has 5 aromatic rings. The van der Waals surface area contributed by atoms with Crippen LogP contribution in [0.1, 0.15) is 31.4 Å². The monoisotopic (exact) mass is 490 g/mol. The number of likely N-dealkylation sites (tertiary alicyclic amines) is 1. The maximum absolute atomic E-state index is 12.2. The van der Waals surface area contributed by atoms with Gasteiger partial charge in [-0.05, 0) is 59.7 Å². The van der Waals surface area contributed by atoms with Crippen LogP contribution >= 0.6 is 0 Å². The fourth-order valence-electron chi connectivity index (χ4n) is 5.59. The van der Waals surface area contributed by atoms with Gasteiger partial charge in [0, 0.05) is 80.7 Å². The van der Waals surface area contributed by atoms with Crippen molar-refractivity contribution in [3.8, 4) is 11.1 Å². The highest BCUT2D eigenvalue weighted by atomic mass is 16.2. The Labute approximate surface area is 216 Å². The van der Waals surface area contributed by atoms with Gasteiger partial charge in [0.2, 0.25) is 5.91 Å². The van der Waals surface area contributed by atoms with E-state index in [1.54, 1.807) is 25.5 Å². The van der Waals surface area contributed by atoms with Crippen molar-refractivity contribution in [1.29, 1.82) is 0 Å². The Morgan fingerprint density at radius 1 is 1.08 bits per heavy atom. The number of amides is 1. The summed E-state index contributed by atoms with van der Waals surface area (Å²) >= 11 is 0. The number of benzene rings is 2. The van der Waals surface area contributed by atoms with E-state index in [4.69, 9.17) is 4.98 Å². The molecule has 0 radical (unpaired) electrons. The minimum Gasteiger partial charge on any atom is -0.378 e. The van der Waals surface area contributed by atoms with Crippen LogP contribution in [-0.2, 0) is 11.8 Å². The van der Waals surface area contributed by atoms with Crippen LogP contribution in [0.25, 0.3) is 33.1 Å². The number of rotatable bonds is 5. The van der Waals surface area contributed by atoms with Gasteiger partial charge in [-0.3, -0.25) is 19.7 Å². The minimum absolute atomic E-state index is 0.00757. The lowest BCUT2D eigenvalue weighted by Crippen LogP contribution is -2.41. The quantitative estimate of drug-likeness (QED) is 0.347. The summed E-state index contributed by atoms with van der Waals surface area (Å²) in [6.45, 7) is 3.21. The first-order chi connectivity index (χ1) is 18.1. The first kappa shape index (κ1) is 23.2. The summed E-state index contributed by atoms with van der Waals surface area (Å²) in [6, 6.07) is 17.0.